The smallest absolute Gasteiger partial charge is 0.269 e. The number of hydrogen-bond donors (Lipinski definition) is 0. The molecule has 9 aromatic carbocycles. The highest BCUT2D eigenvalue weighted by Crippen LogP contribution is 2.43. The van der Waals surface area contributed by atoms with Crippen molar-refractivity contribution in [3.8, 4) is 73.2 Å². The van der Waals surface area contributed by atoms with Gasteiger partial charge in [-0.25, -0.2) is 4.98 Å². The Balaban J connectivity index is 1.00. The molecule has 0 atom stereocenters. The average molecular weight is 925 g/mol. The van der Waals surface area contributed by atoms with Gasteiger partial charge in [0, 0.05) is 23.0 Å². The number of aromatic nitrogens is 4. The van der Waals surface area contributed by atoms with Gasteiger partial charge in [-0.2, -0.15) is 0 Å². The van der Waals surface area contributed by atoms with Crippen LogP contribution in [0.5, 0.6) is 11.5 Å². The van der Waals surface area contributed by atoms with Gasteiger partial charge in [-0.1, -0.05) is 184 Å². The molecule has 332 valence electrons. The maximum atomic E-state index is 9.12. The highest BCUT2D eigenvalue weighted by molar-refractivity contribution is 6.71. The normalized spacial score (nSPS) is 14.2. The molecule has 12 aromatic rings. The summed E-state index contributed by atoms with van der Waals surface area (Å²) in [6, 6.07) is 47.3. The van der Waals surface area contributed by atoms with E-state index in [2.05, 4.69) is 117 Å². The van der Waals surface area contributed by atoms with E-state index in [1.54, 1.807) is 22.8 Å². The van der Waals surface area contributed by atoms with Gasteiger partial charge >= 0.3 is 0 Å². The number of benzene rings is 9. The number of ether oxygens (including phenoxy) is 1. The Hall–Kier alpha value is -8.58. The Morgan fingerprint density at radius 3 is 1.96 bits per heavy atom. The van der Waals surface area contributed by atoms with Crippen LogP contribution in [0, 0.1) is 6.33 Å². The van der Waals surface area contributed by atoms with Gasteiger partial charge < -0.3 is 4.74 Å². The number of imidazole rings is 1. The van der Waals surface area contributed by atoms with Crippen molar-refractivity contribution in [3.63, 3.8) is 0 Å². The van der Waals surface area contributed by atoms with Gasteiger partial charge in [0.1, 0.15) is 26.8 Å². The van der Waals surface area contributed by atoms with Crippen molar-refractivity contribution in [3.05, 3.63) is 236 Å². The lowest BCUT2D eigenvalue weighted by molar-refractivity contribution is -0.571. The van der Waals surface area contributed by atoms with Crippen LogP contribution in [0.25, 0.3) is 94.5 Å². The fourth-order valence-corrected chi connectivity index (χ4v) is 11.1. The van der Waals surface area contributed by atoms with Crippen molar-refractivity contribution in [2.75, 3.05) is 0 Å². The van der Waals surface area contributed by atoms with Crippen molar-refractivity contribution in [2.45, 2.75) is 26.2 Å². The van der Waals surface area contributed by atoms with E-state index < -0.39 is 60.4 Å². The topological polar surface area (TPSA) is 35.9 Å². The summed E-state index contributed by atoms with van der Waals surface area (Å²) < 4.78 is 101. The van der Waals surface area contributed by atoms with Gasteiger partial charge in [0.15, 0.2) is 0 Å². The summed E-state index contributed by atoms with van der Waals surface area (Å²) in [5.41, 5.74) is 9.71. The Labute approximate surface area is 424 Å². The first-order chi connectivity index (χ1) is 38.5. The molecule has 6 heteroatoms. The van der Waals surface area contributed by atoms with E-state index in [9.17, 15) is 0 Å². The van der Waals surface area contributed by atoms with Crippen LogP contribution >= 0.6 is 0 Å². The summed E-state index contributed by atoms with van der Waals surface area (Å²) in [6.07, 6.45) is 5.43. The molecule has 0 saturated heterocycles. The molecule has 5 nitrogen and oxygen atoms in total. The largest absolute Gasteiger partial charge is 0.458 e. The van der Waals surface area contributed by atoms with Gasteiger partial charge in [0.05, 0.1) is 47.1 Å². The molecule has 4 heterocycles. The van der Waals surface area contributed by atoms with Crippen LogP contribution < -0.4 is 19.7 Å². The van der Waals surface area contributed by atoms with Crippen LogP contribution in [0.3, 0.4) is 0 Å². The maximum absolute atomic E-state index is 9.12. The number of hydrogen-bond acceptors (Lipinski definition) is 2. The minimum absolute atomic E-state index is 0.118. The van der Waals surface area contributed by atoms with Crippen LogP contribution in [0.1, 0.15) is 40.0 Å². The lowest BCUT2D eigenvalue weighted by Crippen LogP contribution is -2.35. The second-order valence-corrected chi connectivity index (χ2v) is 19.7. The molecular formula is C64H46N4OSi. The molecule has 0 spiro atoms. The predicted molar refractivity (Wildman–Crippen MR) is 288 cm³/mol. The first-order valence-corrected chi connectivity index (χ1v) is 24.0. The Morgan fingerprint density at radius 2 is 1.24 bits per heavy atom. The second-order valence-electron chi connectivity index (χ2n) is 18.4. The number of nitrogens with zero attached hydrogens (tertiary/aromatic N) is 4. The molecule has 0 N–H and O–H groups in total. The molecule has 70 heavy (non-hydrogen) atoms. The zero-order valence-corrected chi connectivity index (χ0v) is 39.3. The summed E-state index contributed by atoms with van der Waals surface area (Å²) in [5, 5.41) is 4.08. The van der Waals surface area contributed by atoms with Gasteiger partial charge in [-0.3, -0.25) is 13.7 Å². The Morgan fingerprint density at radius 1 is 0.571 bits per heavy atom. The number of rotatable bonds is 8. The summed E-state index contributed by atoms with van der Waals surface area (Å²) in [5.74, 6) is 1.90. The maximum Gasteiger partial charge on any atom is 0.269 e. The van der Waals surface area contributed by atoms with Crippen molar-refractivity contribution >= 4 is 52.7 Å². The van der Waals surface area contributed by atoms with Crippen LogP contribution in [0.4, 0.5) is 0 Å². The van der Waals surface area contributed by atoms with Crippen LogP contribution in [-0.2, 0) is 5.41 Å². The highest BCUT2D eigenvalue weighted by atomic mass is 28.2. The molecule has 0 bridgehead atoms. The number of fused-ring (bicyclic) bond motifs is 5. The SMILES string of the molecule is [2H]c1c([2H])c([2H])c(-c2cccc(-c3c([2H])c([2H])c([2H])c([2H])c3[2H])c2-[n+]2[c-]n3c4c(cccc42)[Si]c2ccc(Oc4ccc5c6c(-c7ccccc7)cc(-c7ccccc7)cc6n(-c6cc(C(C)(C)C)ccn6)c5c4)cc2-3)c([2H])c1[2H]. The van der Waals surface area contributed by atoms with E-state index in [0.29, 0.717) is 17.0 Å². The van der Waals surface area contributed by atoms with E-state index in [-0.39, 0.29) is 42.9 Å². The van der Waals surface area contributed by atoms with Crippen LogP contribution in [0.2, 0.25) is 0 Å². The third-order valence-electron chi connectivity index (χ3n) is 13.1. The average Bonchev–Trinajstić information content (AvgIpc) is 4.25. The third kappa shape index (κ3) is 7.06. The van der Waals surface area contributed by atoms with Gasteiger partial charge in [-0.05, 0) is 114 Å². The van der Waals surface area contributed by atoms with Gasteiger partial charge in [-0.15, -0.1) is 0 Å². The summed E-state index contributed by atoms with van der Waals surface area (Å²) in [7, 11) is 0.198. The highest BCUT2D eigenvalue weighted by Gasteiger charge is 2.27. The van der Waals surface area contributed by atoms with Crippen molar-refractivity contribution in [1.29, 1.82) is 0 Å². The molecule has 0 saturated carbocycles. The summed E-state index contributed by atoms with van der Waals surface area (Å²) in [6.45, 7) is 6.60. The van der Waals surface area contributed by atoms with E-state index >= 15 is 0 Å². The minimum Gasteiger partial charge on any atom is -0.458 e. The molecule has 3 aromatic heterocycles. The summed E-state index contributed by atoms with van der Waals surface area (Å²) >= 11 is 0. The lowest BCUT2D eigenvalue weighted by atomic mass is 9.88. The Bertz CT molecular complexity index is 4450. The fourth-order valence-electron chi connectivity index (χ4n) is 9.78. The van der Waals surface area contributed by atoms with E-state index in [0.717, 1.165) is 77.0 Å². The van der Waals surface area contributed by atoms with Crippen molar-refractivity contribution in [1.82, 2.24) is 14.1 Å². The zero-order valence-electron chi connectivity index (χ0n) is 48.3. The van der Waals surface area contributed by atoms with Gasteiger partial charge in [0.25, 0.3) is 6.33 Å². The van der Waals surface area contributed by atoms with Crippen LogP contribution in [0.15, 0.2) is 224 Å². The van der Waals surface area contributed by atoms with Crippen LogP contribution in [-0.4, -0.2) is 23.6 Å². The number of pyridine rings is 1. The molecule has 2 radical (unpaired) electrons. The van der Waals surface area contributed by atoms with E-state index in [1.165, 1.54) is 0 Å². The number of para-hydroxylation sites is 2. The quantitative estimate of drug-likeness (QED) is 0.0865. The predicted octanol–water partition coefficient (Wildman–Crippen LogP) is 13.9. The van der Waals surface area contributed by atoms with E-state index in [1.807, 2.05) is 65.4 Å². The van der Waals surface area contributed by atoms with Gasteiger partial charge in [0.2, 0.25) is 0 Å². The first kappa shape index (κ1) is 32.2. The fraction of sp³-hybridized carbons (Fsp3) is 0.0625. The molecule has 0 aliphatic carbocycles. The standard InChI is InChI=1S/C64H46N4OSi/c1-64(2,3)47-34-35-65-60(38-47)68-55-39-48(30-32-52(55)61-53(45-24-14-7-15-25-45)36-46(37-57(61)68)42-18-8-4-9-19-42)69-49-31-33-58-56(40-49)67-41-66(54-28-17-29-59(70-58)63(54)67)62-50(43-20-10-5-11-21-43)26-16-27-51(62)44-22-12-6-13-23-44/h4-40H,1-3H3/i5D,6D,10D,11D,12D,13D,20D,21D,22D,23D. The first-order valence-electron chi connectivity index (χ1n) is 28.0. The minimum atomic E-state index is -0.561. The molecule has 0 unspecified atom stereocenters. The van der Waals surface area contributed by atoms with Crippen molar-refractivity contribution in [2.24, 2.45) is 0 Å². The zero-order chi connectivity index (χ0) is 55.6. The lowest BCUT2D eigenvalue weighted by Gasteiger charge is -2.20. The Kier molecular flexibility index (Phi) is 7.63. The van der Waals surface area contributed by atoms with Crippen molar-refractivity contribution < 1.29 is 23.0 Å². The second kappa shape index (κ2) is 16.6. The molecule has 0 fully saturated rings. The summed E-state index contributed by atoms with van der Waals surface area (Å²) in [4.78, 5) is 5.04. The molecule has 0 amide bonds. The molecule has 1 aliphatic rings. The monoisotopic (exact) mass is 924 g/mol. The molecule has 13 rings (SSSR count). The third-order valence-corrected chi connectivity index (χ3v) is 14.4. The molecule has 1 aliphatic heterocycles. The molecular weight excluding hydrogens is 869 g/mol. The van der Waals surface area contributed by atoms with E-state index in [4.69, 9.17) is 23.4 Å².